The molecule has 1 aromatic carbocycles. The van der Waals surface area contributed by atoms with E-state index in [1.165, 1.54) is 16.7 Å². The zero-order chi connectivity index (χ0) is 8.27. The van der Waals surface area contributed by atoms with Crippen LogP contribution in [0, 0.1) is 6.92 Å². The van der Waals surface area contributed by atoms with Crippen LogP contribution in [0.3, 0.4) is 0 Å². The number of rotatable bonds is 2. The fourth-order valence-corrected chi connectivity index (χ4v) is 1.76. The maximum atomic E-state index is 4.24. The van der Waals surface area contributed by atoms with Gasteiger partial charge < -0.3 is 0 Å². The van der Waals surface area contributed by atoms with Crippen LogP contribution in [0.1, 0.15) is 16.7 Å². The second kappa shape index (κ2) is 4.07. The Balaban J connectivity index is 3.10. The van der Waals surface area contributed by atoms with Crippen molar-refractivity contribution in [3.63, 3.8) is 0 Å². The second-order valence-electron chi connectivity index (χ2n) is 2.52. The Labute approximate surface area is 78.8 Å². The lowest BCUT2D eigenvalue weighted by molar-refractivity contribution is 1.24. The molecule has 2 heteroatoms. The Morgan fingerprint density at radius 1 is 1.09 bits per heavy atom. The van der Waals surface area contributed by atoms with Gasteiger partial charge in [-0.3, -0.25) is 0 Å². The van der Waals surface area contributed by atoms with E-state index in [-0.39, 0.29) is 0 Å². The molecule has 1 rings (SSSR count). The van der Waals surface area contributed by atoms with Crippen LogP contribution in [0.2, 0.25) is 0 Å². The maximum Gasteiger partial charge on any atom is 0.0157 e. The summed E-state index contributed by atoms with van der Waals surface area (Å²) in [5.74, 6) is 1.63. The first-order chi connectivity index (χ1) is 5.29. The van der Waals surface area contributed by atoms with Gasteiger partial charge in [-0.05, 0) is 23.6 Å². The van der Waals surface area contributed by atoms with Gasteiger partial charge in [0.25, 0.3) is 0 Å². The standard InChI is InChI=1S/C9H12S2/c1-7-8(5-10)3-2-4-9(7)6-11/h2-4,10-11H,5-6H2,1H3. The zero-order valence-electron chi connectivity index (χ0n) is 6.54. The molecule has 60 valence electrons. The zero-order valence-corrected chi connectivity index (χ0v) is 8.33. The van der Waals surface area contributed by atoms with Crippen molar-refractivity contribution < 1.29 is 0 Å². The van der Waals surface area contributed by atoms with E-state index in [9.17, 15) is 0 Å². The summed E-state index contributed by atoms with van der Waals surface area (Å²) in [5, 5.41) is 0. The minimum atomic E-state index is 0.813. The molecule has 0 nitrogen and oxygen atoms in total. The third-order valence-corrected chi connectivity index (χ3v) is 2.58. The molecule has 0 spiro atoms. The summed E-state index contributed by atoms with van der Waals surface area (Å²) < 4.78 is 0. The third-order valence-electron chi connectivity index (χ3n) is 1.90. The minimum Gasteiger partial charge on any atom is -0.175 e. The normalized spacial score (nSPS) is 10.1. The molecule has 0 aliphatic heterocycles. The highest BCUT2D eigenvalue weighted by atomic mass is 32.1. The van der Waals surface area contributed by atoms with Gasteiger partial charge in [0.15, 0.2) is 0 Å². The van der Waals surface area contributed by atoms with E-state index in [4.69, 9.17) is 0 Å². The summed E-state index contributed by atoms with van der Waals surface area (Å²) in [6, 6.07) is 6.27. The van der Waals surface area contributed by atoms with Gasteiger partial charge >= 0.3 is 0 Å². The quantitative estimate of drug-likeness (QED) is 0.649. The monoisotopic (exact) mass is 184 g/mol. The summed E-state index contributed by atoms with van der Waals surface area (Å²) in [4.78, 5) is 0. The van der Waals surface area contributed by atoms with Crippen molar-refractivity contribution in [1.82, 2.24) is 0 Å². The first kappa shape index (κ1) is 9.01. The molecule has 0 fully saturated rings. The lowest BCUT2D eigenvalue weighted by Crippen LogP contribution is -1.90. The summed E-state index contributed by atoms with van der Waals surface area (Å²) in [5.41, 5.74) is 3.94. The fourth-order valence-electron chi connectivity index (χ4n) is 1.08. The first-order valence-corrected chi connectivity index (χ1v) is 4.85. The molecule has 0 aliphatic carbocycles. The fraction of sp³-hybridized carbons (Fsp3) is 0.333. The van der Waals surface area contributed by atoms with Crippen molar-refractivity contribution in [2.75, 3.05) is 0 Å². The molecule has 0 bridgehead atoms. The van der Waals surface area contributed by atoms with Gasteiger partial charge in [0.2, 0.25) is 0 Å². The summed E-state index contributed by atoms with van der Waals surface area (Å²) >= 11 is 8.48. The van der Waals surface area contributed by atoms with E-state index in [0.29, 0.717) is 0 Å². The van der Waals surface area contributed by atoms with Gasteiger partial charge in [-0.25, -0.2) is 0 Å². The largest absolute Gasteiger partial charge is 0.175 e. The van der Waals surface area contributed by atoms with Gasteiger partial charge in [-0.15, -0.1) is 0 Å². The van der Waals surface area contributed by atoms with Crippen molar-refractivity contribution >= 4 is 25.3 Å². The Kier molecular flexibility index (Phi) is 3.34. The molecule has 0 radical (unpaired) electrons. The molecular formula is C9H12S2. The van der Waals surface area contributed by atoms with Crippen LogP contribution in [0.25, 0.3) is 0 Å². The predicted molar refractivity (Wildman–Crippen MR) is 56.6 cm³/mol. The summed E-state index contributed by atoms with van der Waals surface area (Å²) in [7, 11) is 0. The number of thiol groups is 2. The molecule has 0 N–H and O–H groups in total. The number of hydrogen-bond donors (Lipinski definition) is 2. The van der Waals surface area contributed by atoms with Crippen molar-refractivity contribution in [2.45, 2.75) is 18.4 Å². The summed E-state index contributed by atoms with van der Waals surface area (Å²) in [6.07, 6.45) is 0. The molecular weight excluding hydrogens is 172 g/mol. The Bertz CT molecular complexity index is 221. The first-order valence-electron chi connectivity index (χ1n) is 3.58. The third kappa shape index (κ3) is 1.94. The van der Waals surface area contributed by atoms with E-state index in [0.717, 1.165) is 11.5 Å². The van der Waals surface area contributed by atoms with E-state index in [1.807, 2.05) is 0 Å². The Morgan fingerprint density at radius 2 is 1.55 bits per heavy atom. The van der Waals surface area contributed by atoms with Crippen LogP contribution in [0.5, 0.6) is 0 Å². The topological polar surface area (TPSA) is 0 Å². The molecule has 0 aliphatic rings. The molecule has 1 aromatic rings. The molecule has 0 amide bonds. The van der Waals surface area contributed by atoms with Crippen LogP contribution in [0.4, 0.5) is 0 Å². The van der Waals surface area contributed by atoms with Gasteiger partial charge in [-0.2, -0.15) is 25.3 Å². The molecule has 11 heavy (non-hydrogen) atoms. The minimum absolute atomic E-state index is 0.813. The SMILES string of the molecule is Cc1c(CS)cccc1CS. The van der Waals surface area contributed by atoms with Crippen molar-refractivity contribution in [1.29, 1.82) is 0 Å². The molecule has 0 saturated heterocycles. The van der Waals surface area contributed by atoms with E-state index in [1.54, 1.807) is 0 Å². The molecule has 0 saturated carbocycles. The second-order valence-corrected chi connectivity index (χ2v) is 3.15. The van der Waals surface area contributed by atoms with Gasteiger partial charge in [0, 0.05) is 11.5 Å². The van der Waals surface area contributed by atoms with Crippen LogP contribution < -0.4 is 0 Å². The van der Waals surface area contributed by atoms with Gasteiger partial charge in [0.05, 0.1) is 0 Å². The molecule has 0 aromatic heterocycles. The smallest absolute Gasteiger partial charge is 0.0157 e. The molecule has 0 atom stereocenters. The van der Waals surface area contributed by atoms with Crippen LogP contribution in [-0.4, -0.2) is 0 Å². The average molecular weight is 184 g/mol. The van der Waals surface area contributed by atoms with E-state index in [2.05, 4.69) is 50.4 Å². The van der Waals surface area contributed by atoms with Gasteiger partial charge in [-0.1, -0.05) is 18.2 Å². The molecule has 0 unspecified atom stereocenters. The lowest BCUT2D eigenvalue weighted by Gasteiger charge is -2.06. The van der Waals surface area contributed by atoms with Crippen molar-refractivity contribution in [3.05, 3.63) is 34.9 Å². The Hall–Kier alpha value is -0.0800. The summed E-state index contributed by atoms with van der Waals surface area (Å²) in [6.45, 7) is 2.12. The maximum absolute atomic E-state index is 4.24. The highest BCUT2D eigenvalue weighted by Crippen LogP contribution is 2.16. The van der Waals surface area contributed by atoms with Crippen LogP contribution in [-0.2, 0) is 11.5 Å². The highest BCUT2D eigenvalue weighted by molar-refractivity contribution is 7.79. The van der Waals surface area contributed by atoms with Crippen LogP contribution >= 0.6 is 25.3 Å². The highest BCUT2D eigenvalue weighted by Gasteiger charge is 1.99. The lowest BCUT2D eigenvalue weighted by atomic mass is 10.1. The van der Waals surface area contributed by atoms with Crippen molar-refractivity contribution in [3.8, 4) is 0 Å². The van der Waals surface area contributed by atoms with E-state index >= 15 is 0 Å². The Morgan fingerprint density at radius 3 is 1.91 bits per heavy atom. The predicted octanol–water partition coefficient (Wildman–Crippen LogP) is 2.85. The van der Waals surface area contributed by atoms with Crippen molar-refractivity contribution in [2.24, 2.45) is 0 Å². The average Bonchev–Trinajstić information content (AvgIpc) is 2.05. The number of benzene rings is 1. The molecule has 0 heterocycles. The van der Waals surface area contributed by atoms with E-state index < -0.39 is 0 Å². The van der Waals surface area contributed by atoms with Crippen LogP contribution in [0.15, 0.2) is 18.2 Å². The number of hydrogen-bond acceptors (Lipinski definition) is 2. The van der Waals surface area contributed by atoms with Gasteiger partial charge in [0.1, 0.15) is 0 Å².